The van der Waals surface area contributed by atoms with E-state index in [9.17, 15) is 0 Å². The molecule has 3 heteroatoms. The second-order valence-corrected chi connectivity index (χ2v) is 6.88. The molecule has 0 radical (unpaired) electrons. The van der Waals surface area contributed by atoms with Crippen LogP contribution in [-0.4, -0.2) is 10.7 Å². The van der Waals surface area contributed by atoms with Crippen molar-refractivity contribution in [3.63, 3.8) is 0 Å². The number of benzene rings is 1. The third-order valence-electron chi connectivity index (χ3n) is 3.80. The Bertz CT molecular complexity index is 618. The van der Waals surface area contributed by atoms with Gasteiger partial charge in [0.25, 0.3) is 0 Å². The lowest BCUT2D eigenvalue weighted by atomic mass is 10.0. The fraction of sp³-hybridized carbons (Fsp3) is 0.353. The predicted molar refractivity (Wildman–Crippen MR) is 87.8 cm³/mol. The number of thioether (sulfide) groups is 1. The zero-order valence-electron chi connectivity index (χ0n) is 11.8. The van der Waals surface area contributed by atoms with Crippen LogP contribution < -0.4 is 0 Å². The van der Waals surface area contributed by atoms with Crippen molar-refractivity contribution in [3.05, 3.63) is 46.7 Å². The van der Waals surface area contributed by atoms with Crippen molar-refractivity contribution >= 4 is 23.4 Å². The number of nitrogens with zero attached hydrogens (tertiary/aromatic N) is 1. The molecular formula is C17H18ClNS. The Morgan fingerprint density at radius 2 is 1.95 bits per heavy atom. The molecule has 1 saturated carbocycles. The molecule has 1 nitrogen and oxygen atoms in total. The van der Waals surface area contributed by atoms with E-state index < -0.39 is 0 Å². The third kappa shape index (κ3) is 2.72. The molecule has 2 aromatic rings. The van der Waals surface area contributed by atoms with E-state index in [1.54, 1.807) is 11.8 Å². The van der Waals surface area contributed by atoms with Gasteiger partial charge in [-0.1, -0.05) is 42.8 Å². The molecule has 0 spiro atoms. The monoisotopic (exact) mass is 303 g/mol. The van der Waals surface area contributed by atoms with Gasteiger partial charge in [-0.05, 0) is 48.1 Å². The van der Waals surface area contributed by atoms with Crippen LogP contribution in [0.1, 0.15) is 36.8 Å². The Morgan fingerprint density at radius 1 is 1.25 bits per heavy atom. The first kappa shape index (κ1) is 14.0. The summed E-state index contributed by atoms with van der Waals surface area (Å²) in [5.41, 5.74) is 5.12. The molecule has 1 aliphatic carbocycles. The smallest absolute Gasteiger partial charge is 0.142 e. The van der Waals surface area contributed by atoms with Gasteiger partial charge in [-0.3, -0.25) is 0 Å². The molecule has 1 heterocycles. The highest BCUT2D eigenvalue weighted by atomic mass is 35.5. The van der Waals surface area contributed by atoms with Crippen LogP contribution in [0.2, 0.25) is 5.15 Å². The lowest BCUT2D eigenvalue weighted by molar-refractivity contribution is 1.13. The number of halogens is 1. The van der Waals surface area contributed by atoms with E-state index in [1.807, 2.05) is 6.20 Å². The van der Waals surface area contributed by atoms with Crippen LogP contribution in [0.5, 0.6) is 0 Å². The largest absolute Gasteiger partial charge is 0.243 e. The molecule has 0 aliphatic heterocycles. The second-order valence-electron chi connectivity index (χ2n) is 5.25. The van der Waals surface area contributed by atoms with E-state index in [0.29, 0.717) is 5.15 Å². The van der Waals surface area contributed by atoms with Crippen molar-refractivity contribution in [2.75, 3.05) is 5.75 Å². The van der Waals surface area contributed by atoms with E-state index in [1.165, 1.54) is 35.1 Å². The summed E-state index contributed by atoms with van der Waals surface area (Å²) in [7, 11) is 0. The molecule has 1 fully saturated rings. The van der Waals surface area contributed by atoms with E-state index in [0.717, 1.165) is 16.6 Å². The molecule has 0 bridgehead atoms. The van der Waals surface area contributed by atoms with Crippen molar-refractivity contribution in [1.29, 1.82) is 0 Å². The summed E-state index contributed by atoms with van der Waals surface area (Å²) in [4.78, 5) is 5.46. The van der Waals surface area contributed by atoms with Gasteiger partial charge in [0, 0.05) is 16.7 Å². The quantitative estimate of drug-likeness (QED) is 0.531. The first-order valence-electron chi connectivity index (χ1n) is 7.09. The summed E-state index contributed by atoms with van der Waals surface area (Å²) in [5.74, 6) is 1.81. The summed E-state index contributed by atoms with van der Waals surface area (Å²) in [6, 6.07) is 8.94. The van der Waals surface area contributed by atoms with E-state index >= 15 is 0 Å². The van der Waals surface area contributed by atoms with Gasteiger partial charge in [0.15, 0.2) is 0 Å². The highest BCUT2D eigenvalue weighted by Gasteiger charge is 2.23. The first-order valence-corrected chi connectivity index (χ1v) is 8.45. The van der Waals surface area contributed by atoms with E-state index in [4.69, 9.17) is 11.6 Å². The molecule has 3 rings (SSSR count). The van der Waals surface area contributed by atoms with Crippen molar-refractivity contribution < 1.29 is 0 Å². The Hall–Kier alpha value is -0.990. The van der Waals surface area contributed by atoms with E-state index in [2.05, 4.69) is 43.1 Å². The minimum Gasteiger partial charge on any atom is -0.243 e. The second kappa shape index (κ2) is 5.79. The molecule has 1 aromatic heterocycles. The summed E-state index contributed by atoms with van der Waals surface area (Å²) < 4.78 is 0. The topological polar surface area (TPSA) is 12.9 Å². The standard InChI is InChI=1S/C17H18ClNS/c1-3-20-16-11(2)15(10-19-17(16)18)14-8-6-13(7-9-14)12-4-5-12/h6-10,12H,3-5H2,1-2H3. The fourth-order valence-electron chi connectivity index (χ4n) is 2.51. The zero-order chi connectivity index (χ0) is 14.1. The number of rotatable bonds is 4. The Labute approximate surface area is 129 Å². The Morgan fingerprint density at radius 3 is 2.55 bits per heavy atom. The molecular weight excluding hydrogens is 286 g/mol. The molecule has 0 amide bonds. The van der Waals surface area contributed by atoms with Gasteiger partial charge < -0.3 is 0 Å². The average Bonchev–Trinajstić information content (AvgIpc) is 3.28. The van der Waals surface area contributed by atoms with Crippen molar-refractivity contribution in [1.82, 2.24) is 4.98 Å². The minimum atomic E-state index is 0.618. The van der Waals surface area contributed by atoms with Crippen LogP contribution in [0.15, 0.2) is 35.4 Å². The zero-order valence-corrected chi connectivity index (χ0v) is 13.4. The molecule has 0 N–H and O–H groups in total. The van der Waals surface area contributed by atoms with E-state index in [-0.39, 0.29) is 0 Å². The SMILES string of the molecule is CCSc1c(Cl)ncc(-c2ccc(C3CC3)cc2)c1C. The van der Waals surface area contributed by atoms with Crippen LogP contribution in [0.25, 0.3) is 11.1 Å². The number of hydrogen-bond acceptors (Lipinski definition) is 2. The highest BCUT2D eigenvalue weighted by Crippen LogP contribution is 2.41. The fourth-order valence-corrected chi connectivity index (χ4v) is 3.65. The van der Waals surface area contributed by atoms with Crippen molar-refractivity contribution in [3.8, 4) is 11.1 Å². The maximum absolute atomic E-state index is 6.21. The third-order valence-corrected chi connectivity index (χ3v) is 5.27. The minimum absolute atomic E-state index is 0.618. The van der Waals surface area contributed by atoms with Crippen molar-refractivity contribution in [2.45, 2.75) is 37.5 Å². The normalized spacial score (nSPS) is 14.6. The van der Waals surface area contributed by atoms with Crippen LogP contribution in [0.3, 0.4) is 0 Å². The predicted octanol–water partition coefficient (Wildman–Crippen LogP) is 5.70. The molecule has 20 heavy (non-hydrogen) atoms. The van der Waals surface area contributed by atoms with Crippen molar-refractivity contribution in [2.24, 2.45) is 0 Å². The number of hydrogen-bond donors (Lipinski definition) is 0. The van der Waals surface area contributed by atoms with Gasteiger partial charge in [-0.2, -0.15) is 0 Å². The van der Waals surface area contributed by atoms with Gasteiger partial charge in [0.2, 0.25) is 0 Å². The summed E-state index contributed by atoms with van der Waals surface area (Å²) >= 11 is 7.97. The van der Waals surface area contributed by atoms with Gasteiger partial charge in [0.1, 0.15) is 5.15 Å². The van der Waals surface area contributed by atoms with Crippen LogP contribution in [-0.2, 0) is 0 Å². The maximum atomic E-state index is 6.21. The molecule has 1 aliphatic rings. The number of pyridine rings is 1. The van der Waals surface area contributed by atoms with Crippen LogP contribution >= 0.6 is 23.4 Å². The average molecular weight is 304 g/mol. The van der Waals surface area contributed by atoms with Gasteiger partial charge >= 0.3 is 0 Å². The number of aromatic nitrogens is 1. The lowest BCUT2D eigenvalue weighted by Gasteiger charge is -2.12. The molecule has 1 aromatic carbocycles. The summed E-state index contributed by atoms with van der Waals surface area (Å²) in [6.07, 6.45) is 4.58. The van der Waals surface area contributed by atoms with Gasteiger partial charge in [-0.25, -0.2) is 4.98 Å². The van der Waals surface area contributed by atoms with Gasteiger partial charge in [0.05, 0.1) is 0 Å². The highest BCUT2D eigenvalue weighted by molar-refractivity contribution is 7.99. The lowest BCUT2D eigenvalue weighted by Crippen LogP contribution is -1.92. The van der Waals surface area contributed by atoms with Crippen LogP contribution in [0.4, 0.5) is 0 Å². The molecule has 0 unspecified atom stereocenters. The summed E-state index contributed by atoms with van der Waals surface area (Å²) in [6.45, 7) is 4.27. The summed E-state index contributed by atoms with van der Waals surface area (Å²) in [5, 5.41) is 0.618. The Kier molecular flexibility index (Phi) is 4.04. The Balaban J connectivity index is 1.98. The molecule has 0 saturated heterocycles. The maximum Gasteiger partial charge on any atom is 0.142 e. The van der Waals surface area contributed by atoms with Crippen LogP contribution in [0, 0.1) is 6.92 Å². The van der Waals surface area contributed by atoms with Gasteiger partial charge in [-0.15, -0.1) is 11.8 Å². The first-order chi connectivity index (χ1) is 9.70. The molecule has 104 valence electrons. The molecule has 0 atom stereocenters.